The molecule has 2 rings (SSSR count). The van der Waals surface area contributed by atoms with Gasteiger partial charge in [-0.2, -0.15) is 0 Å². The third-order valence-electron chi connectivity index (χ3n) is 2.68. The maximum atomic E-state index is 5.86. The van der Waals surface area contributed by atoms with Gasteiger partial charge in [-0.3, -0.25) is 0 Å². The molecule has 0 saturated carbocycles. The van der Waals surface area contributed by atoms with Gasteiger partial charge in [-0.15, -0.1) is 0 Å². The lowest BCUT2D eigenvalue weighted by molar-refractivity contribution is 0.346. The van der Waals surface area contributed by atoms with Crippen LogP contribution in [0.25, 0.3) is 0 Å². The van der Waals surface area contributed by atoms with E-state index in [1.165, 1.54) is 5.56 Å². The molecule has 0 bridgehead atoms. The molecule has 0 aromatic heterocycles. The Morgan fingerprint density at radius 1 is 0.895 bits per heavy atom. The summed E-state index contributed by atoms with van der Waals surface area (Å²) in [5, 5.41) is 0.825. The predicted octanol–water partition coefficient (Wildman–Crippen LogP) is 4.39. The Kier molecular flexibility index (Phi) is 4.68. The zero-order valence-corrected chi connectivity index (χ0v) is 12.4. The number of para-hydroxylation sites is 1. The zero-order valence-electron chi connectivity index (χ0n) is 10.9. The van der Waals surface area contributed by atoms with Crippen LogP contribution in [0.3, 0.4) is 0 Å². The fourth-order valence-electron chi connectivity index (χ4n) is 1.68. The highest BCUT2D eigenvalue weighted by atomic mass is 79.9. The molecule has 0 fully saturated rings. The first-order chi connectivity index (χ1) is 9.28. The molecule has 0 N–H and O–H groups in total. The van der Waals surface area contributed by atoms with Crippen LogP contribution in [0.1, 0.15) is 5.56 Å². The van der Waals surface area contributed by atoms with Gasteiger partial charge in [0.15, 0.2) is 11.5 Å². The average Bonchev–Trinajstić information content (AvgIpc) is 2.48. The Morgan fingerprint density at radius 2 is 1.47 bits per heavy atom. The highest BCUT2D eigenvalue weighted by molar-refractivity contribution is 9.08. The summed E-state index contributed by atoms with van der Waals surface area (Å²) in [6.45, 7) is 0. The Hall–Kier alpha value is -1.68. The Bertz CT molecular complexity index is 515. The number of methoxy groups -OCH3 is 2. The molecule has 3 nitrogen and oxygen atoms in total. The molecule has 0 aliphatic carbocycles. The van der Waals surface area contributed by atoms with Crippen molar-refractivity contribution >= 4 is 15.9 Å². The van der Waals surface area contributed by atoms with Crippen molar-refractivity contribution in [3.63, 3.8) is 0 Å². The van der Waals surface area contributed by atoms with Crippen LogP contribution in [-0.4, -0.2) is 14.2 Å². The Labute approximate surface area is 121 Å². The van der Waals surface area contributed by atoms with Crippen LogP contribution in [0.15, 0.2) is 42.5 Å². The highest BCUT2D eigenvalue weighted by Crippen LogP contribution is 2.39. The molecule has 0 unspecified atom stereocenters. The SMILES string of the molecule is COc1cccc(OC)c1Oc1ccc(CBr)cc1. The standard InChI is InChI=1S/C15H15BrO3/c1-17-13-4-3-5-14(18-2)15(13)19-12-8-6-11(10-16)7-9-12/h3-9H,10H2,1-2H3. The number of hydrogen-bond acceptors (Lipinski definition) is 3. The second kappa shape index (κ2) is 6.48. The van der Waals surface area contributed by atoms with E-state index in [1.807, 2.05) is 42.5 Å². The first-order valence-corrected chi connectivity index (χ1v) is 6.94. The van der Waals surface area contributed by atoms with Gasteiger partial charge in [0.1, 0.15) is 5.75 Å². The molecule has 0 heterocycles. The molecule has 2 aromatic carbocycles. The minimum atomic E-state index is 0.582. The van der Waals surface area contributed by atoms with Crippen molar-refractivity contribution in [3.05, 3.63) is 48.0 Å². The topological polar surface area (TPSA) is 27.7 Å². The van der Waals surface area contributed by atoms with E-state index in [2.05, 4.69) is 15.9 Å². The van der Waals surface area contributed by atoms with Crippen molar-refractivity contribution in [3.8, 4) is 23.0 Å². The smallest absolute Gasteiger partial charge is 0.210 e. The lowest BCUT2D eigenvalue weighted by atomic mass is 10.2. The number of benzene rings is 2. The van der Waals surface area contributed by atoms with Gasteiger partial charge in [-0.05, 0) is 29.8 Å². The second-order valence-electron chi connectivity index (χ2n) is 3.87. The van der Waals surface area contributed by atoms with Gasteiger partial charge < -0.3 is 14.2 Å². The Balaban J connectivity index is 2.30. The first-order valence-electron chi connectivity index (χ1n) is 5.82. The molecular weight excluding hydrogens is 308 g/mol. The quantitative estimate of drug-likeness (QED) is 0.764. The molecule has 2 aromatic rings. The van der Waals surface area contributed by atoms with E-state index in [0.717, 1.165) is 11.1 Å². The van der Waals surface area contributed by atoms with Crippen molar-refractivity contribution in [1.82, 2.24) is 0 Å². The summed E-state index contributed by atoms with van der Waals surface area (Å²) in [6.07, 6.45) is 0. The van der Waals surface area contributed by atoms with Crippen LogP contribution in [0.5, 0.6) is 23.0 Å². The predicted molar refractivity (Wildman–Crippen MR) is 78.7 cm³/mol. The summed E-state index contributed by atoms with van der Waals surface area (Å²) in [6, 6.07) is 13.4. The molecule has 0 spiro atoms. The summed E-state index contributed by atoms with van der Waals surface area (Å²) >= 11 is 3.41. The molecule has 100 valence electrons. The lowest BCUT2D eigenvalue weighted by Gasteiger charge is -2.13. The molecule has 0 atom stereocenters. The monoisotopic (exact) mass is 322 g/mol. The normalized spacial score (nSPS) is 10.1. The average molecular weight is 323 g/mol. The summed E-state index contributed by atoms with van der Waals surface area (Å²) < 4.78 is 16.4. The third-order valence-corrected chi connectivity index (χ3v) is 3.33. The van der Waals surface area contributed by atoms with Gasteiger partial charge in [0.25, 0.3) is 0 Å². The molecule has 0 radical (unpaired) electrons. The fraction of sp³-hybridized carbons (Fsp3) is 0.200. The van der Waals surface area contributed by atoms with Crippen molar-refractivity contribution in [1.29, 1.82) is 0 Å². The number of ether oxygens (including phenoxy) is 3. The van der Waals surface area contributed by atoms with Crippen LogP contribution < -0.4 is 14.2 Å². The molecule has 0 aliphatic heterocycles. The first kappa shape index (κ1) is 13.7. The van der Waals surface area contributed by atoms with E-state index in [-0.39, 0.29) is 0 Å². The van der Waals surface area contributed by atoms with Gasteiger partial charge in [-0.1, -0.05) is 34.1 Å². The molecule has 0 saturated heterocycles. The lowest BCUT2D eigenvalue weighted by Crippen LogP contribution is -1.94. The van der Waals surface area contributed by atoms with Crippen LogP contribution in [0.2, 0.25) is 0 Å². The number of alkyl halides is 1. The van der Waals surface area contributed by atoms with Crippen molar-refractivity contribution in [2.75, 3.05) is 14.2 Å². The summed E-state index contributed by atoms with van der Waals surface area (Å²) in [5.41, 5.74) is 1.19. The van der Waals surface area contributed by atoms with E-state index in [1.54, 1.807) is 14.2 Å². The van der Waals surface area contributed by atoms with Crippen LogP contribution >= 0.6 is 15.9 Å². The number of hydrogen-bond donors (Lipinski definition) is 0. The maximum Gasteiger partial charge on any atom is 0.210 e. The molecule has 0 aliphatic rings. The minimum Gasteiger partial charge on any atom is -0.493 e. The van der Waals surface area contributed by atoms with Crippen LogP contribution in [-0.2, 0) is 5.33 Å². The highest BCUT2D eigenvalue weighted by Gasteiger charge is 2.12. The number of halogens is 1. The molecule has 19 heavy (non-hydrogen) atoms. The minimum absolute atomic E-state index is 0.582. The van der Waals surface area contributed by atoms with E-state index >= 15 is 0 Å². The van der Waals surface area contributed by atoms with E-state index in [9.17, 15) is 0 Å². The number of rotatable bonds is 5. The summed E-state index contributed by atoms with van der Waals surface area (Å²) in [4.78, 5) is 0. The van der Waals surface area contributed by atoms with Gasteiger partial charge in [0.05, 0.1) is 14.2 Å². The van der Waals surface area contributed by atoms with E-state index in [4.69, 9.17) is 14.2 Å². The second-order valence-corrected chi connectivity index (χ2v) is 4.43. The maximum absolute atomic E-state index is 5.86. The largest absolute Gasteiger partial charge is 0.493 e. The van der Waals surface area contributed by atoms with Gasteiger partial charge in [-0.25, -0.2) is 0 Å². The zero-order chi connectivity index (χ0) is 13.7. The van der Waals surface area contributed by atoms with Gasteiger partial charge in [0, 0.05) is 5.33 Å². The van der Waals surface area contributed by atoms with Gasteiger partial charge >= 0.3 is 0 Å². The third kappa shape index (κ3) is 3.20. The van der Waals surface area contributed by atoms with Crippen molar-refractivity contribution in [2.24, 2.45) is 0 Å². The van der Waals surface area contributed by atoms with E-state index in [0.29, 0.717) is 17.2 Å². The van der Waals surface area contributed by atoms with Crippen molar-refractivity contribution < 1.29 is 14.2 Å². The van der Waals surface area contributed by atoms with Gasteiger partial charge in [0.2, 0.25) is 5.75 Å². The summed E-state index contributed by atoms with van der Waals surface area (Å²) in [5.74, 6) is 2.61. The molecular formula is C15H15BrO3. The van der Waals surface area contributed by atoms with Crippen LogP contribution in [0, 0.1) is 0 Å². The van der Waals surface area contributed by atoms with Crippen molar-refractivity contribution in [2.45, 2.75) is 5.33 Å². The molecule has 0 amide bonds. The van der Waals surface area contributed by atoms with Crippen LogP contribution in [0.4, 0.5) is 0 Å². The Morgan fingerprint density at radius 3 is 1.95 bits per heavy atom. The molecule has 4 heteroatoms. The summed E-state index contributed by atoms with van der Waals surface area (Å²) in [7, 11) is 3.21. The fourth-order valence-corrected chi connectivity index (χ4v) is 2.06. The van der Waals surface area contributed by atoms with E-state index < -0.39 is 0 Å².